The molecule has 0 fully saturated rings. The smallest absolute Gasteiger partial charge is 0.338 e. The fourth-order valence-electron chi connectivity index (χ4n) is 2.50. The zero-order valence-electron chi connectivity index (χ0n) is 15.9. The maximum atomic E-state index is 12.2. The van der Waals surface area contributed by atoms with Gasteiger partial charge in [0, 0.05) is 5.69 Å². The molecule has 0 unspecified atom stereocenters. The Hall–Kier alpha value is -3.32. The van der Waals surface area contributed by atoms with Gasteiger partial charge >= 0.3 is 5.97 Å². The van der Waals surface area contributed by atoms with Crippen LogP contribution in [0.5, 0.6) is 11.5 Å². The number of hydrogen-bond acceptors (Lipinski definition) is 6. The summed E-state index contributed by atoms with van der Waals surface area (Å²) in [6, 6.07) is 17.4. The Bertz CT molecular complexity index is 938. The van der Waals surface area contributed by atoms with Crippen molar-refractivity contribution >= 4 is 28.9 Å². The molecule has 0 spiro atoms. The second-order valence-electron chi connectivity index (χ2n) is 5.90. The summed E-state index contributed by atoms with van der Waals surface area (Å²) >= 11 is 1.35. The van der Waals surface area contributed by atoms with Crippen LogP contribution in [0.4, 0.5) is 5.69 Å². The summed E-state index contributed by atoms with van der Waals surface area (Å²) in [5.41, 5.74) is 0.888. The second-order valence-corrected chi connectivity index (χ2v) is 6.85. The Kier molecular flexibility index (Phi) is 7.24. The van der Waals surface area contributed by atoms with Gasteiger partial charge in [0.1, 0.15) is 24.7 Å². The number of ether oxygens (including phenoxy) is 3. The first kappa shape index (κ1) is 20.4. The molecule has 29 heavy (non-hydrogen) atoms. The summed E-state index contributed by atoms with van der Waals surface area (Å²) in [5, 5.41) is 4.60. The molecule has 6 nitrogen and oxygen atoms in total. The highest BCUT2D eigenvalue weighted by Gasteiger charge is 2.11. The van der Waals surface area contributed by atoms with Gasteiger partial charge < -0.3 is 19.5 Å². The first-order valence-corrected chi connectivity index (χ1v) is 10.0. The van der Waals surface area contributed by atoms with Gasteiger partial charge in [0.2, 0.25) is 0 Å². The quantitative estimate of drug-likeness (QED) is 0.410. The van der Waals surface area contributed by atoms with Crippen molar-refractivity contribution in [3.8, 4) is 11.5 Å². The summed E-state index contributed by atoms with van der Waals surface area (Å²) in [4.78, 5) is 25.0. The van der Waals surface area contributed by atoms with Gasteiger partial charge in [-0.1, -0.05) is 12.1 Å². The van der Waals surface area contributed by atoms with E-state index in [0.29, 0.717) is 28.5 Å². The van der Waals surface area contributed by atoms with E-state index in [0.717, 1.165) is 5.75 Å². The molecule has 150 valence electrons. The lowest BCUT2D eigenvalue weighted by Crippen LogP contribution is -2.14. The van der Waals surface area contributed by atoms with Crippen molar-refractivity contribution in [1.82, 2.24) is 0 Å². The van der Waals surface area contributed by atoms with Crippen molar-refractivity contribution in [2.75, 3.05) is 25.1 Å². The van der Waals surface area contributed by atoms with E-state index in [1.165, 1.54) is 11.3 Å². The minimum Gasteiger partial charge on any atom is -0.494 e. The van der Waals surface area contributed by atoms with Gasteiger partial charge in [-0.25, -0.2) is 4.79 Å². The third-order valence-electron chi connectivity index (χ3n) is 3.82. The van der Waals surface area contributed by atoms with Crippen LogP contribution in [0, 0.1) is 0 Å². The zero-order valence-corrected chi connectivity index (χ0v) is 16.7. The molecule has 0 saturated carbocycles. The molecule has 0 aliphatic rings. The molecule has 7 heteroatoms. The Morgan fingerprint density at radius 2 is 1.69 bits per heavy atom. The summed E-state index contributed by atoms with van der Waals surface area (Å²) in [7, 11) is 0. The zero-order chi connectivity index (χ0) is 20.5. The topological polar surface area (TPSA) is 73.9 Å². The van der Waals surface area contributed by atoms with E-state index in [2.05, 4.69) is 5.32 Å². The Morgan fingerprint density at radius 1 is 0.931 bits per heavy atom. The van der Waals surface area contributed by atoms with Crippen LogP contribution >= 0.6 is 11.3 Å². The number of amides is 1. The number of esters is 1. The monoisotopic (exact) mass is 411 g/mol. The van der Waals surface area contributed by atoms with E-state index < -0.39 is 5.97 Å². The molecule has 1 heterocycles. The van der Waals surface area contributed by atoms with Gasteiger partial charge in [0.15, 0.2) is 0 Å². The highest BCUT2D eigenvalue weighted by molar-refractivity contribution is 7.12. The molecule has 0 aliphatic heterocycles. The highest BCUT2D eigenvalue weighted by Crippen LogP contribution is 2.18. The molecule has 0 radical (unpaired) electrons. The number of carbonyl (C=O) groups excluding carboxylic acids is 2. The Labute approximate surface area is 173 Å². The molecule has 2 aromatic carbocycles. The van der Waals surface area contributed by atoms with Crippen LogP contribution in [-0.4, -0.2) is 31.7 Å². The van der Waals surface area contributed by atoms with Gasteiger partial charge in [-0.2, -0.15) is 0 Å². The minimum absolute atomic E-state index is 0.109. The van der Waals surface area contributed by atoms with E-state index in [9.17, 15) is 9.59 Å². The van der Waals surface area contributed by atoms with E-state index in [1.807, 2.05) is 30.5 Å². The lowest BCUT2D eigenvalue weighted by molar-refractivity contribution is 0.0450. The summed E-state index contributed by atoms with van der Waals surface area (Å²) in [6.45, 7) is 2.87. The predicted octanol–water partition coefficient (Wildman–Crippen LogP) is 4.63. The maximum absolute atomic E-state index is 12.2. The number of anilines is 1. The fourth-order valence-corrected chi connectivity index (χ4v) is 3.12. The molecule has 3 aromatic rings. The normalized spacial score (nSPS) is 10.2. The SMILES string of the molecule is CCOc1ccc(OCCOC(=O)c2cccc(NC(=O)c3cccs3)c2)cc1. The molecule has 1 N–H and O–H groups in total. The summed E-state index contributed by atoms with van der Waals surface area (Å²) in [6.07, 6.45) is 0. The number of carbonyl (C=O) groups is 2. The van der Waals surface area contributed by atoms with Crippen LogP contribution in [0.1, 0.15) is 27.0 Å². The summed E-state index contributed by atoms with van der Waals surface area (Å²) in [5.74, 6) is 0.752. The van der Waals surface area contributed by atoms with Crippen LogP contribution in [0.3, 0.4) is 0 Å². The molecule has 1 amide bonds. The molecule has 0 atom stereocenters. The van der Waals surface area contributed by atoms with E-state index in [-0.39, 0.29) is 19.1 Å². The third-order valence-corrected chi connectivity index (χ3v) is 4.69. The van der Waals surface area contributed by atoms with Crippen molar-refractivity contribution in [3.63, 3.8) is 0 Å². The van der Waals surface area contributed by atoms with Gasteiger partial charge in [-0.15, -0.1) is 11.3 Å². The number of benzene rings is 2. The first-order valence-electron chi connectivity index (χ1n) is 9.13. The van der Waals surface area contributed by atoms with E-state index >= 15 is 0 Å². The fraction of sp³-hybridized carbons (Fsp3) is 0.182. The number of nitrogens with one attached hydrogen (secondary N) is 1. The lowest BCUT2D eigenvalue weighted by Gasteiger charge is -2.09. The average Bonchev–Trinajstić information content (AvgIpc) is 3.28. The molecule has 0 bridgehead atoms. The van der Waals surface area contributed by atoms with Crippen molar-refractivity contribution in [3.05, 3.63) is 76.5 Å². The first-order chi connectivity index (χ1) is 14.2. The van der Waals surface area contributed by atoms with Crippen molar-refractivity contribution in [2.24, 2.45) is 0 Å². The number of thiophene rings is 1. The maximum Gasteiger partial charge on any atom is 0.338 e. The minimum atomic E-state index is -0.479. The molecular weight excluding hydrogens is 390 g/mol. The van der Waals surface area contributed by atoms with Crippen LogP contribution in [0.15, 0.2) is 66.0 Å². The van der Waals surface area contributed by atoms with Crippen LogP contribution in [0.25, 0.3) is 0 Å². The van der Waals surface area contributed by atoms with Crippen molar-refractivity contribution in [2.45, 2.75) is 6.92 Å². The number of rotatable bonds is 9. The van der Waals surface area contributed by atoms with Gasteiger partial charge in [0.05, 0.1) is 17.0 Å². The summed E-state index contributed by atoms with van der Waals surface area (Å²) < 4.78 is 16.2. The van der Waals surface area contributed by atoms with Gasteiger partial charge in [-0.3, -0.25) is 4.79 Å². The van der Waals surface area contributed by atoms with Crippen LogP contribution in [0.2, 0.25) is 0 Å². The lowest BCUT2D eigenvalue weighted by atomic mass is 10.2. The van der Waals surface area contributed by atoms with Crippen LogP contribution < -0.4 is 14.8 Å². The third kappa shape index (κ3) is 6.08. The van der Waals surface area contributed by atoms with Crippen LogP contribution in [-0.2, 0) is 4.74 Å². The molecule has 0 aliphatic carbocycles. The van der Waals surface area contributed by atoms with Gasteiger partial charge in [0.25, 0.3) is 5.91 Å². The average molecular weight is 411 g/mol. The molecule has 1 aromatic heterocycles. The Morgan fingerprint density at radius 3 is 2.38 bits per heavy atom. The van der Waals surface area contributed by atoms with E-state index in [4.69, 9.17) is 14.2 Å². The van der Waals surface area contributed by atoms with Gasteiger partial charge in [-0.05, 0) is 60.8 Å². The Balaban J connectivity index is 1.46. The van der Waals surface area contributed by atoms with E-state index in [1.54, 1.807) is 42.5 Å². The second kappa shape index (κ2) is 10.3. The predicted molar refractivity (Wildman–Crippen MR) is 112 cm³/mol. The largest absolute Gasteiger partial charge is 0.494 e. The molecule has 3 rings (SSSR count). The molecular formula is C22H21NO5S. The standard InChI is InChI=1S/C22H21NO5S/c1-2-26-18-8-10-19(11-9-18)27-12-13-28-22(25)16-5-3-6-17(15-16)23-21(24)20-7-4-14-29-20/h3-11,14-15H,2,12-13H2,1H3,(H,23,24). The highest BCUT2D eigenvalue weighted by atomic mass is 32.1. The van der Waals surface area contributed by atoms with Crippen molar-refractivity contribution in [1.29, 1.82) is 0 Å². The molecule has 0 saturated heterocycles. The number of hydrogen-bond donors (Lipinski definition) is 1. The van der Waals surface area contributed by atoms with Crippen molar-refractivity contribution < 1.29 is 23.8 Å².